The van der Waals surface area contributed by atoms with Crippen LogP contribution < -0.4 is 5.32 Å². The highest BCUT2D eigenvalue weighted by atomic mass is 15.2. The van der Waals surface area contributed by atoms with Gasteiger partial charge in [0.2, 0.25) is 5.96 Å². The van der Waals surface area contributed by atoms with Crippen LogP contribution in [0, 0.1) is 0 Å². The second-order valence-electron chi connectivity index (χ2n) is 15.3. The van der Waals surface area contributed by atoms with Crippen molar-refractivity contribution in [1.29, 1.82) is 0 Å². The van der Waals surface area contributed by atoms with Crippen molar-refractivity contribution in [2.24, 2.45) is 9.98 Å². The summed E-state index contributed by atoms with van der Waals surface area (Å²) in [5.74, 6) is 1.31. The van der Waals surface area contributed by atoms with E-state index in [-0.39, 0.29) is 0 Å². The summed E-state index contributed by atoms with van der Waals surface area (Å²) < 4.78 is 4.74. The summed E-state index contributed by atoms with van der Waals surface area (Å²) in [5, 5.41) is 8.03. The molecule has 8 aromatic carbocycles. The van der Waals surface area contributed by atoms with Crippen LogP contribution in [0.25, 0.3) is 77.1 Å². The molecule has 0 saturated carbocycles. The molecule has 2 heterocycles. The molecule has 0 radical (unpaired) electrons. The molecule has 10 rings (SSSR count). The van der Waals surface area contributed by atoms with Crippen LogP contribution in [0.2, 0.25) is 0 Å². The molecule has 5 heteroatoms. The number of rotatable bonds is 8. The highest BCUT2D eigenvalue weighted by molar-refractivity contribution is 6.26. The first kappa shape index (κ1) is 38.2. The van der Waals surface area contributed by atoms with Crippen molar-refractivity contribution in [3.63, 3.8) is 0 Å². The van der Waals surface area contributed by atoms with Crippen molar-refractivity contribution in [1.82, 2.24) is 14.5 Å². The topological polar surface area (TPSA) is 46.6 Å². The molecule has 0 unspecified atom stereocenters. The number of aliphatic imine (C=N–C) groups is 2. The summed E-state index contributed by atoms with van der Waals surface area (Å²) >= 11 is 0. The maximum absolute atomic E-state index is 5.47. The Balaban J connectivity index is 1.26. The maximum atomic E-state index is 5.47. The van der Waals surface area contributed by atoms with Crippen LogP contribution in [0.15, 0.2) is 228 Å². The van der Waals surface area contributed by atoms with Crippen molar-refractivity contribution in [3.8, 4) is 27.9 Å². The number of fused-ring (bicyclic) bond motifs is 7. The number of hydrogen-bond donors (Lipinski definition) is 1. The molecule has 298 valence electrons. The van der Waals surface area contributed by atoms with E-state index < -0.39 is 0 Å². The average molecular weight is 800 g/mol. The van der Waals surface area contributed by atoms with E-state index in [0.29, 0.717) is 12.5 Å². The van der Waals surface area contributed by atoms with Gasteiger partial charge in [0, 0.05) is 39.7 Å². The first-order valence-electron chi connectivity index (χ1n) is 21.2. The third-order valence-electron chi connectivity index (χ3n) is 11.6. The predicted octanol–water partition coefficient (Wildman–Crippen LogP) is 13.8. The SMILES string of the molecule is C/C=C\C(=C/CN=C(/N=C(\NC)c1ccccc1)n1c2ccccc2c2ccc3c4ccccc4n(-c4ccccc4-c4ccccc4)c3c21)c1cccc(-c2ccccc2)c1. The van der Waals surface area contributed by atoms with E-state index in [0.717, 1.165) is 77.6 Å². The Morgan fingerprint density at radius 2 is 1.11 bits per heavy atom. The third kappa shape index (κ3) is 6.99. The van der Waals surface area contributed by atoms with Gasteiger partial charge in [0.25, 0.3) is 0 Å². The summed E-state index contributed by atoms with van der Waals surface area (Å²) in [7, 11) is 1.93. The molecule has 0 amide bonds. The summed E-state index contributed by atoms with van der Waals surface area (Å²) in [5.41, 5.74) is 13.3. The zero-order chi connectivity index (χ0) is 41.8. The predicted molar refractivity (Wildman–Crippen MR) is 264 cm³/mol. The lowest BCUT2D eigenvalue weighted by Crippen LogP contribution is -2.23. The molecule has 0 bridgehead atoms. The number of benzene rings is 8. The van der Waals surface area contributed by atoms with Gasteiger partial charge in [-0.2, -0.15) is 4.99 Å². The molecule has 0 saturated heterocycles. The fraction of sp³-hybridized carbons (Fsp3) is 0.0526. The zero-order valence-electron chi connectivity index (χ0n) is 34.8. The molecule has 62 heavy (non-hydrogen) atoms. The molecule has 0 aliphatic rings. The molecule has 1 N–H and O–H groups in total. The van der Waals surface area contributed by atoms with Crippen molar-refractivity contribution < 1.29 is 0 Å². The lowest BCUT2D eigenvalue weighted by atomic mass is 9.98. The van der Waals surface area contributed by atoms with Gasteiger partial charge < -0.3 is 9.88 Å². The number of para-hydroxylation sites is 3. The minimum atomic E-state index is 0.393. The quantitative estimate of drug-likeness (QED) is 0.0929. The van der Waals surface area contributed by atoms with E-state index in [2.05, 4.69) is 222 Å². The van der Waals surface area contributed by atoms with Crippen LogP contribution in [0.4, 0.5) is 0 Å². The Morgan fingerprint density at radius 3 is 1.84 bits per heavy atom. The molecule has 0 atom stereocenters. The first-order valence-corrected chi connectivity index (χ1v) is 21.2. The fourth-order valence-electron chi connectivity index (χ4n) is 8.80. The lowest BCUT2D eigenvalue weighted by Gasteiger charge is -2.16. The molecule has 0 spiro atoms. The summed E-state index contributed by atoms with van der Waals surface area (Å²) in [6.07, 6.45) is 6.46. The maximum Gasteiger partial charge on any atom is 0.232 e. The Hall–Kier alpha value is -8.02. The van der Waals surface area contributed by atoms with Crippen molar-refractivity contribution in [2.75, 3.05) is 13.6 Å². The molecule has 5 nitrogen and oxygen atoms in total. The number of amidine groups is 1. The second kappa shape index (κ2) is 16.9. The number of nitrogens with zero attached hydrogens (tertiary/aromatic N) is 4. The van der Waals surface area contributed by atoms with Crippen LogP contribution in [0.5, 0.6) is 0 Å². The van der Waals surface area contributed by atoms with Gasteiger partial charge >= 0.3 is 0 Å². The van der Waals surface area contributed by atoms with E-state index in [1.807, 2.05) is 25.2 Å². The van der Waals surface area contributed by atoms with E-state index in [9.17, 15) is 0 Å². The molecular formula is C57H45N5. The zero-order valence-corrected chi connectivity index (χ0v) is 34.8. The van der Waals surface area contributed by atoms with Crippen LogP contribution in [0.3, 0.4) is 0 Å². The van der Waals surface area contributed by atoms with Crippen molar-refractivity contribution >= 4 is 61.0 Å². The Bertz CT molecular complexity index is 3350. The minimum Gasteiger partial charge on any atom is -0.373 e. The van der Waals surface area contributed by atoms with Crippen molar-refractivity contribution in [2.45, 2.75) is 6.92 Å². The molecule has 2 aromatic heterocycles. The first-order chi connectivity index (χ1) is 30.7. The molecule has 0 aliphatic carbocycles. The van der Waals surface area contributed by atoms with Gasteiger partial charge in [0.15, 0.2) is 0 Å². The molecule has 10 aromatic rings. The highest BCUT2D eigenvalue weighted by Gasteiger charge is 2.24. The van der Waals surface area contributed by atoms with Gasteiger partial charge in [-0.15, -0.1) is 0 Å². The van der Waals surface area contributed by atoms with Crippen LogP contribution in [-0.4, -0.2) is 34.5 Å². The monoisotopic (exact) mass is 799 g/mol. The smallest absolute Gasteiger partial charge is 0.232 e. The van der Waals surface area contributed by atoms with Crippen LogP contribution in [0.1, 0.15) is 18.1 Å². The van der Waals surface area contributed by atoms with E-state index in [1.165, 1.54) is 16.5 Å². The van der Waals surface area contributed by atoms with Crippen LogP contribution >= 0.6 is 0 Å². The third-order valence-corrected chi connectivity index (χ3v) is 11.6. The van der Waals surface area contributed by atoms with Gasteiger partial charge in [-0.05, 0) is 59.0 Å². The Kier molecular flexibility index (Phi) is 10.4. The lowest BCUT2D eigenvalue weighted by molar-refractivity contribution is 1.11. The Labute approximate surface area is 362 Å². The highest BCUT2D eigenvalue weighted by Crippen LogP contribution is 2.42. The van der Waals surface area contributed by atoms with E-state index >= 15 is 0 Å². The fourth-order valence-corrected chi connectivity index (χ4v) is 8.80. The summed E-state index contributed by atoms with van der Waals surface area (Å²) in [4.78, 5) is 10.9. The van der Waals surface area contributed by atoms with Gasteiger partial charge in [-0.3, -0.25) is 4.57 Å². The average Bonchev–Trinajstić information content (AvgIpc) is 3.86. The number of aromatic nitrogens is 2. The largest absolute Gasteiger partial charge is 0.373 e. The van der Waals surface area contributed by atoms with Gasteiger partial charge in [-0.1, -0.05) is 194 Å². The number of nitrogens with one attached hydrogen (secondary N) is 1. The normalized spacial score (nSPS) is 12.6. The van der Waals surface area contributed by atoms with Crippen LogP contribution in [-0.2, 0) is 0 Å². The summed E-state index contributed by atoms with van der Waals surface area (Å²) in [6, 6.07) is 70.9. The Morgan fingerprint density at radius 1 is 0.532 bits per heavy atom. The standard InChI is InChI=1S/C57H45N5/c1-3-20-40(44-27-19-28-45(39-44)41-21-7-4-8-22-41)37-38-59-57(60-56(58-2)43-25-11-6-12-26-43)62-53-34-18-15-31-48(53)50-36-35-49-47-30-14-17-33-52(47)61(54(49)55(50)62)51-32-16-13-29-46(51)42-23-9-5-10-24-42/h3-37,39H,38H2,1-2H3,(H,58,59,60)/b20-3-,40-37+. The second-order valence-corrected chi connectivity index (χ2v) is 15.3. The molecule has 0 fully saturated rings. The van der Waals surface area contributed by atoms with E-state index in [4.69, 9.17) is 9.98 Å². The van der Waals surface area contributed by atoms with Gasteiger partial charge in [0.05, 0.1) is 34.3 Å². The molecular weight excluding hydrogens is 755 g/mol. The minimum absolute atomic E-state index is 0.393. The molecule has 0 aliphatic heterocycles. The number of hydrogen-bond acceptors (Lipinski definition) is 1. The van der Waals surface area contributed by atoms with E-state index in [1.54, 1.807) is 0 Å². The van der Waals surface area contributed by atoms with Crippen molar-refractivity contribution in [3.05, 3.63) is 230 Å². The number of allylic oxidation sites excluding steroid dienone is 3. The van der Waals surface area contributed by atoms with Gasteiger partial charge in [-0.25, -0.2) is 4.99 Å². The van der Waals surface area contributed by atoms with Gasteiger partial charge in [0.1, 0.15) is 5.84 Å². The summed E-state index contributed by atoms with van der Waals surface area (Å²) in [6.45, 7) is 2.45.